The van der Waals surface area contributed by atoms with E-state index in [4.69, 9.17) is 0 Å². The Kier molecular flexibility index (Phi) is 5.89. The quantitative estimate of drug-likeness (QED) is 0.388. The summed E-state index contributed by atoms with van der Waals surface area (Å²) >= 11 is 0. The first-order valence-electron chi connectivity index (χ1n) is 8.03. The van der Waals surface area contributed by atoms with E-state index < -0.39 is 47.9 Å². The topological polar surface area (TPSA) is 66.7 Å². The van der Waals surface area contributed by atoms with E-state index in [1.54, 1.807) is 0 Å². The molecule has 0 bridgehead atoms. The number of carbonyl (C=O) groups excluding carboxylic acids is 1. The van der Waals surface area contributed by atoms with Crippen molar-refractivity contribution in [1.29, 1.82) is 0 Å². The SMILES string of the molecule is O=C(N1CCN(c2ccc([N+](=O)[O-])cc2)CC1)C(F)(F)C(F)(F)C(F)(F)C(F)(F)F. The number of halogens is 9. The molecule has 1 aromatic carbocycles. The minimum absolute atomic E-state index is 0.0578. The first-order valence-corrected chi connectivity index (χ1v) is 8.03. The lowest BCUT2D eigenvalue weighted by atomic mass is 10.0. The third-order valence-corrected chi connectivity index (χ3v) is 4.41. The van der Waals surface area contributed by atoms with Crippen LogP contribution in [0.2, 0.25) is 0 Å². The van der Waals surface area contributed by atoms with Gasteiger partial charge in [0.25, 0.3) is 11.6 Å². The highest BCUT2D eigenvalue weighted by atomic mass is 19.4. The Hall–Kier alpha value is -2.74. The van der Waals surface area contributed by atoms with Gasteiger partial charge in [-0.2, -0.15) is 39.5 Å². The van der Waals surface area contributed by atoms with E-state index in [9.17, 15) is 54.4 Å². The van der Waals surface area contributed by atoms with Crippen molar-refractivity contribution < 1.29 is 49.2 Å². The predicted molar refractivity (Wildman–Crippen MR) is 82.8 cm³/mol. The molecule has 6 nitrogen and oxygen atoms in total. The maximum Gasteiger partial charge on any atom is 0.460 e. The number of hydrogen-bond acceptors (Lipinski definition) is 4. The Morgan fingerprint density at radius 3 is 1.70 bits per heavy atom. The van der Waals surface area contributed by atoms with Crippen LogP contribution in [0.1, 0.15) is 0 Å². The molecule has 1 aliphatic rings. The van der Waals surface area contributed by atoms with E-state index in [1.807, 2.05) is 0 Å². The molecule has 0 atom stereocenters. The smallest absolute Gasteiger partial charge is 0.368 e. The lowest BCUT2D eigenvalue weighted by Gasteiger charge is -2.39. The number of nitro benzene ring substituents is 1. The van der Waals surface area contributed by atoms with Crippen molar-refractivity contribution in [2.24, 2.45) is 0 Å². The lowest BCUT2D eigenvalue weighted by molar-refractivity contribution is -0.389. The molecule has 0 spiro atoms. The molecule has 1 saturated heterocycles. The maximum absolute atomic E-state index is 13.7. The fraction of sp³-hybridized carbons (Fsp3) is 0.533. The summed E-state index contributed by atoms with van der Waals surface area (Å²) in [5.41, 5.74) is 0.105. The van der Waals surface area contributed by atoms with Gasteiger partial charge in [-0.3, -0.25) is 14.9 Å². The Bertz CT molecular complexity index is 804. The molecule has 0 aliphatic carbocycles. The first kappa shape index (κ1) is 23.5. The zero-order valence-electron chi connectivity index (χ0n) is 14.6. The van der Waals surface area contributed by atoms with Gasteiger partial charge in [0, 0.05) is 44.0 Å². The molecule has 1 fully saturated rings. The average molecular weight is 453 g/mol. The van der Waals surface area contributed by atoms with E-state index in [0.29, 0.717) is 5.69 Å². The highest BCUT2D eigenvalue weighted by Gasteiger charge is 2.84. The summed E-state index contributed by atoms with van der Waals surface area (Å²) in [5, 5.41) is 10.6. The van der Waals surface area contributed by atoms with E-state index in [-0.39, 0.29) is 23.7 Å². The third kappa shape index (κ3) is 3.84. The molecular weight excluding hydrogens is 441 g/mol. The van der Waals surface area contributed by atoms with Crippen molar-refractivity contribution in [2.45, 2.75) is 23.9 Å². The number of hydrogen-bond donors (Lipinski definition) is 0. The fourth-order valence-electron chi connectivity index (χ4n) is 2.66. The summed E-state index contributed by atoms with van der Waals surface area (Å²) in [6.07, 6.45) is -7.01. The van der Waals surface area contributed by atoms with Crippen molar-refractivity contribution in [3.05, 3.63) is 34.4 Å². The molecule has 168 valence electrons. The Morgan fingerprint density at radius 1 is 0.833 bits per heavy atom. The highest BCUT2D eigenvalue weighted by molar-refractivity contribution is 5.85. The first-order chi connectivity index (χ1) is 13.5. The predicted octanol–water partition coefficient (Wildman–Crippen LogP) is 3.71. The Labute approximate surface area is 162 Å². The highest BCUT2D eigenvalue weighted by Crippen LogP contribution is 2.53. The zero-order valence-corrected chi connectivity index (χ0v) is 14.6. The van der Waals surface area contributed by atoms with Gasteiger partial charge >= 0.3 is 23.9 Å². The van der Waals surface area contributed by atoms with E-state index >= 15 is 0 Å². The van der Waals surface area contributed by atoms with Crippen LogP contribution >= 0.6 is 0 Å². The minimum Gasteiger partial charge on any atom is -0.368 e. The van der Waals surface area contributed by atoms with Gasteiger partial charge in [-0.1, -0.05) is 0 Å². The van der Waals surface area contributed by atoms with Gasteiger partial charge in [-0.25, -0.2) is 0 Å². The molecule has 0 unspecified atom stereocenters. The van der Waals surface area contributed by atoms with Gasteiger partial charge in [0.1, 0.15) is 0 Å². The number of benzene rings is 1. The molecular formula is C15H12F9N3O3. The van der Waals surface area contributed by atoms with Crippen LogP contribution in [0.3, 0.4) is 0 Å². The number of anilines is 1. The molecule has 0 aromatic heterocycles. The van der Waals surface area contributed by atoms with Crippen LogP contribution in [-0.2, 0) is 4.79 Å². The van der Waals surface area contributed by atoms with Crippen LogP contribution in [-0.4, -0.2) is 65.9 Å². The number of rotatable bonds is 5. The molecule has 2 rings (SSSR count). The van der Waals surface area contributed by atoms with Crippen LogP contribution in [0.15, 0.2) is 24.3 Å². The number of alkyl halides is 9. The Morgan fingerprint density at radius 2 is 1.30 bits per heavy atom. The van der Waals surface area contributed by atoms with Crippen molar-refractivity contribution in [2.75, 3.05) is 31.1 Å². The number of piperazine rings is 1. The standard InChI is InChI=1S/C15H12F9N3O3/c16-12(17,13(18,19)14(20,21)15(22,23)24)11(28)26-7-5-25(6-8-26)9-1-3-10(4-2-9)27(29)30/h1-4H,5-8H2. The largest absolute Gasteiger partial charge is 0.460 e. The monoisotopic (exact) mass is 453 g/mol. The summed E-state index contributed by atoms with van der Waals surface area (Å²) in [7, 11) is 0. The molecule has 0 radical (unpaired) electrons. The van der Waals surface area contributed by atoms with Crippen molar-refractivity contribution in [1.82, 2.24) is 4.90 Å². The third-order valence-electron chi connectivity index (χ3n) is 4.41. The Balaban J connectivity index is 2.12. The normalized spacial score (nSPS) is 16.6. The minimum atomic E-state index is -7.14. The second kappa shape index (κ2) is 7.50. The van der Waals surface area contributed by atoms with E-state index in [0.717, 1.165) is 12.1 Å². The molecule has 0 N–H and O–H groups in total. The second-order valence-corrected chi connectivity index (χ2v) is 6.27. The second-order valence-electron chi connectivity index (χ2n) is 6.27. The molecule has 1 amide bonds. The number of amides is 1. The molecule has 30 heavy (non-hydrogen) atoms. The zero-order chi connectivity index (χ0) is 23.1. The van der Waals surface area contributed by atoms with Crippen LogP contribution in [0.4, 0.5) is 50.9 Å². The summed E-state index contributed by atoms with van der Waals surface area (Å²) in [5.74, 6) is -23.3. The molecule has 1 heterocycles. The summed E-state index contributed by atoms with van der Waals surface area (Å²) in [6.45, 7) is -1.89. The van der Waals surface area contributed by atoms with Crippen LogP contribution < -0.4 is 4.90 Å². The van der Waals surface area contributed by atoms with E-state index in [1.165, 1.54) is 17.0 Å². The number of nitro groups is 1. The maximum atomic E-state index is 13.7. The number of non-ortho nitro benzene ring substituents is 1. The summed E-state index contributed by atoms with van der Waals surface area (Å²) in [4.78, 5) is 23.1. The molecule has 1 aromatic rings. The van der Waals surface area contributed by atoms with Gasteiger partial charge in [-0.15, -0.1) is 0 Å². The van der Waals surface area contributed by atoms with Crippen LogP contribution in [0.5, 0.6) is 0 Å². The number of carbonyl (C=O) groups is 1. The van der Waals surface area contributed by atoms with Crippen molar-refractivity contribution in [3.63, 3.8) is 0 Å². The molecule has 0 saturated carbocycles. The van der Waals surface area contributed by atoms with Crippen LogP contribution in [0.25, 0.3) is 0 Å². The summed E-state index contributed by atoms with van der Waals surface area (Å²) in [6, 6.07) is 4.84. The van der Waals surface area contributed by atoms with Gasteiger partial charge in [0.15, 0.2) is 0 Å². The lowest BCUT2D eigenvalue weighted by Crippen LogP contribution is -2.66. The molecule has 15 heteroatoms. The van der Waals surface area contributed by atoms with Gasteiger partial charge in [-0.05, 0) is 12.1 Å². The van der Waals surface area contributed by atoms with Gasteiger partial charge in [0.05, 0.1) is 4.92 Å². The van der Waals surface area contributed by atoms with E-state index in [2.05, 4.69) is 0 Å². The van der Waals surface area contributed by atoms with Crippen molar-refractivity contribution in [3.8, 4) is 0 Å². The molecule has 1 aliphatic heterocycles. The average Bonchev–Trinajstić information content (AvgIpc) is 2.66. The van der Waals surface area contributed by atoms with Gasteiger partial charge in [0.2, 0.25) is 0 Å². The van der Waals surface area contributed by atoms with Crippen LogP contribution in [0, 0.1) is 10.1 Å². The van der Waals surface area contributed by atoms with Gasteiger partial charge < -0.3 is 9.80 Å². The van der Waals surface area contributed by atoms with Crippen molar-refractivity contribution >= 4 is 17.3 Å². The number of nitrogens with zero attached hydrogens (tertiary/aromatic N) is 3. The fourth-order valence-corrected chi connectivity index (χ4v) is 2.66. The summed E-state index contributed by atoms with van der Waals surface area (Å²) < 4.78 is 117.